The van der Waals surface area contributed by atoms with Crippen LogP contribution < -0.4 is 14.2 Å². The maximum absolute atomic E-state index is 10.9. The predicted molar refractivity (Wildman–Crippen MR) is 88.3 cm³/mol. The highest BCUT2D eigenvalue weighted by molar-refractivity contribution is 5.81. The van der Waals surface area contributed by atoms with Crippen molar-refractivity contribution in [3.05, 3.63) is 42.5 Å². The number of nitrogens with zero attached hydrogens (tertiary/aromatic N) is 3. The largest absolute Gasteiger partial charge is 0.495 e. The van der Waals surface area contributed by atoms with E-state index < -0.39 is 5.97 Å². The number of hydrogen-bond donors (Lipinski definition) is 1. The minimum absolute atomic E-state index is 0.233. The van der Waals surface area contributed by atoms with E-state index in [4.69, 9.17) is 19.3 Å². The maximum atomic E-state index is 10.9. The number of ether oxygens (including phenoxy) is 3. The van der Waals surface area contributed by atoms with Crippen LogP contribution >= 0.6 is 0 Å². The third kappa shape index (κ3) is 3.57. The van der Waals surface area contributed by atoms with Gasteiger partial charge in [-0.1, -0.05) is 0 Å². The fraction of sp³-hybridized carbons (Fsp3) is 0.176. The minimum atomic E-state index is -0.988. The fourth-order valence-electron chi connectivity index (χ4n) is 2.27. The molecule has 0 bridgehead atoms. The minimum Gasteiger partial charge on any atom is -0.495 e. The number of aliphatic carboxylic acids is 1. The number of hydrogen-bond acceptors (Lipinski definition) is 7. The fourth-order valence-corrected chi connectivity index (χ4v) is 2.27. The van der Waals surface area contributed by atoms with Crippen molar-refractivity contribution in [3.63, 3.8) is 0 Å². The Morgan fingerprint density at radius 1 is 1.04 bits per heavy atom. The molecule has 0 aliphatic heterocycles. The van der Waals surface area contributed by atoms with E-state index in [1.807, 2.05) is 0 Å². The smallest absolute Gasteiger partial charge is 0.309 e. The van der Waals surface area contributed by atoms with Crippen LogP contribution in [-0.2, 0) is 11.2 Å². The number of carboxylic acids is 1. The molecule has 3 aromatic rings. The second-order valence-corrected chi connectivity index (χ2v) is 5.04. The van der Waals surface area contributed by atoms with Crippen LogP contribution in [0.5, 0.6) is 23.0 Å². The van der Waals surface area contributed by atoms with Crippen molar-refractivity contribution in [2.45, 2.75) is 6.42 Å². The molecule has 3 rings (SSSR count). The van der Waals surface area contributed by atoms with Gasteiger partial charge in [0.15, 0.2) is 5.75 Å². The number of methoxy groups -OCH3 is 2. The van der Waals surface area contributed by atoms with Crippen molar-refractivity contribution in [1.82, 2.24) is 15.0 Å². The molecule has 1 N–H and O–H groups in total. The lowest BCUT2D eigenvalue weighted by atomic mass is 10.2. The van der Waals surface area contributed by atoms with Gasteiger partial charge in [-0.25, -0.2) is 4.98 Å². The highest BCUT2D eigenvalue weighted by atomic mass is 16.5. The van der Waals surface area contributed by atoms with Crippen molar-refractivity contribution < 1.29 is 24.1 Å². The van der Waals surface area contributed by atoms with Crippen LogP contribution in [0.1, 0.15) is 5.69 Å². The SMILES string of the molecule is COc1cnc2c(Oc3cnc(CC(=O)O)c(OC)c3)ccnc2c1. The topological polar surface area (TPSA) is 104 Å². The Hall–Kier alpha value is -3.42. The zero-order chi connectivity index (χ0) is 17.8. The summed E-state index contributed by atoms with van der Waals surface area (Å²) in [6.45, 7) is 0. The number of rotatable bonds is 6. The summed E-state index contributed by atoms with van der Waals surface area (Å²) in [4.78, 5) is 23.5. The van der Waals surface area contributed by atoms with Crippen molar-refractivity contribution in [2.24, 2.45) is 0 Å². The molecule has 3 heterocycles. The van der Waals surface area contributed by atoms with Crippen LogP contribution in [0.25, 0.3) is 11.0 Å². The Kier molecular flexibility index (Phi) is 4.60. The lowest BCUT2D eigenvalue weighted by Gasteiger charge is -2.11. The number of carboxylic acid groups (broad SMARTS) is 1. The third-order valence-electron chi connectivity index (χ3n) is 3.42. The molecule has 25 heavy (non-hydrogen) atoms. The van der Waals surface area contributed by atoms with Gasteiger partial charge in [0, 0.05) is 24.4 Å². The van der Waals surface area contributed by atoms with Crippen molar-refractivity contribution >= 4 is 17.0 Å². The van der Waals surface area contributed by atoms with Gasteiger partial charge in [-0.05, 0) is 0 Å². The lowest BCUT2D eigenvalue weighted by molar-refractivity contribution is -0.136. The van der Waals surface area contributed by atoms with Crippen LogP contribution in [0.2, 0.25) is 0 Å². The molecule has 0 fully saturated rings. The summed E-state index contributed by atoms with van der Waals surface area (Å²) in [5.74, 6) is 0.836. The molecular formula is C17H15N3O5. The van der Waals surface area contributed by atoms with Crippen LogP contribution in [0, 0.1) is 0 Å². The summed E-state index contributed by atoms with van der Waals surface area (Å²) < 4.78 is 16.2. The monoisotopic (exact) mass is 341 g/mol. The number of fused-ring (bicyclic) bond motifs is 1. The molecule has 8 heteroatoms. The number of pyridine rings is 3. The molecule has 3 aromatic heterocycles. The predicted octanol–water partition coefficient (Wildman–Crippen LogP) is 2.46. The Morgan fingerprint density at radius 2 is 1.84 bits per heavy atom. The molecule has 0 aromatic carbocycles. The molecule has 0 spiro atoms. The summed E-state index contributed by atoms with van der Waals surface area (Å²) in [6.07, 6.45) is 4.38. The van der Waals surface area contributed by atoms with Gasteiger partial charge < -0.3 is 19.3 Å². The van der Waals surface area contributed by atoms with E-state index in [-0.39, 0.29) is 6.42 Å². The van der Waals surface area contributed by atoms with Crippen LogP contribution in [0.15, 0.2) is 36.8 Å². The van der Waals surface area contributed by atoms with Gasteiger partial charge in [-0.15, -0.1) is 0 Å². The first-order valence-electron chi connectivity index (χ1n) is 7.32. The van der Waals surface area contributed by atoms with Crippen LogP contribution in [-0.4, -0.2) is 40.2 Å². The maximum Gasteiger partial charge on any atom is 0.309 e. The average molecular weight is 341 g/mol. The summed E-state index contributed by atoms with van der Waals surface area (Å²) in [5.41, 5.74) is 1.51. The molecule has 0 amide bonds. The molecule has 0 aliphatic rings. The average Bonchev–Trinajstić information content (AvgIpc) is 2.62. The summed E-state index contributed by atoms with van der Waals surface area (Å²) in [6, 6.07) is 5.02. The van der Waals surface area contributed by atoms with Gasteiger partial charge in [-0.2, -0.15) is 0 Å². The quantitative estimate of drug-likeness (QED) is 0.729. The normalized spacial score (nSPS) is 10.5. The van der Waals surface area contributed by atoms with Gasteiger partial charge in [0.05, 0.1) is 44.2 Å². The summed E-state index contributed by atoms with van der Waals surface area (Å²) in [5, 5.41) is 8.90. The molecule has 0 aliphatic carbocycles. The van der Waals surface area contributed by atoms with E-state index in [2.05, 4.69) is 15.0 Å². The van der Waals surface area contributed by atoms with Crippen LogP contribution in [0.3, 0.4) is 0 Å². The molecule has 0 unspecified atom stereocenters. The molecule has 0 radical (unpaired) electrons. The summed E-state index contributed by atoms with van der Waals surface area (Å²) >= 11 is 0. The second-order valence-electron chi connectivity index (χ2n) is 5.04. The molecule has 0 saturated carbocycles. The Balaban J connectivity index is 1.94. The number of aromatic nitrogens is 3. The second kappa shape index (κ2) is 7.00. The van der Waals surface area contributed by atoms with Crippen molar-refractivity contribution in [1.29, 1.82) is 0 Å². The Morgan fingerprint density at radius 3 is 2.56 bits per heavy atom. The lowest BCUT2D eigenvalue weighted by Crippen LogP contribution is -2.05. The molecule has 0 saturated heterocycles. The van der Waals surface area contributed by atoms with Gasteiger partial charge in [0.1, 0.15) is 22.8 Å². The van der Waals surface area contributed by atoms with Crippen molar-refractivity contribution in [2.75, 3.05) is 14.2 Å². The van der Waals surface area contributed by atoms with Crippen LogP contribution in [0.4, 0.5) is 0 Å². The highest BCUT2D eigenvalue weighted by Crippen LogP contribution is 2.31. The standard InChI is InChI=1S/C17H15N3O5/c1-23-10-5-13-17(20-8-10)14(3-4-18-13)25-11-6-15(24-2)12(19-9-11)7-16(21)22/h3-6,8-9H,7H2,1-2H3,(H,21,22). The van der Waals surface area contributed by atoms with Gasteiger partial charge in [-0.3, -0.25) is 14.8 Å². The Bertz CT molecular complexity index is 929. The molecule has 128 valence electrons. The molecule has 8 nitrogen and oxygen atoms in total. The van der Waals surface area contributed by atoms with E-state index in [0.29, 0.717) is 39.7 Å². The zero-order valence-electron chi connectivity index (χ0n) is 13.6. The van der Waals surface area contributed by atoms with E-state index >= 15 is 0 Å². The van der Waals surface area contributed by atoms with Gasteiger partial charge in [0.2, 0.25) is 0 Å². The highest BCUT2D eigenvalue weighted by Gasteiger charge is 2.13. The van der Waals surface area contributed by atoms with E-state index in [9.17, 15) is 4.79 Å². The molecule has 0 atom stereocenters. The Labute approximate surface area is 143 Å². The first-order chi connectivity index (χ1) is 12.1. The summed E-state index contributed by atoms with van der Waals surface area (Å²) in [7, 11) is 3.00. The third-order valence-corrected chi connectivity index (χ3v) is 3.42. The number of carbonyl (C=O) groups is 1. The van der Waals surface area contributed by atoms with Gasteiger partial charge >= 0.3 is 5.97 Å². The van der Waals surface area contributed by atoms with E-state index in [0.717, 1.165) is 0 Å². The molecular weight excluding hydrogens is 326 g/mol. The van der Waals surface area contributed by atoms with E-state index in [1.165, 1.54) is 13.3 Å². The first kappa shape index (κ1) is 16.4. The van der Waals surface area contributed by atoms with E-state index in [1.54, 1.807) is 37.7 Å². The first-order valence-corrected chi connectivity index (χ1v) is 7.32. The van der Waals surface area contributed by atoms with Gasteiger partial charge in [0.25, 0.3) is 0 Å². The van der Waals surface area contributed by atoms with Crippen molar-refractivity contribution in [3.8, 4) is 23.0 Å². The zero-order valence-corrected chi connectivity index (χ0v) is 13.6.